The van der Waals surface area contributed by atoms with Crippen LogP contribution >= 0.6 is 0 Å². The molecular formula is C12H16N2O3. The zero-order valence-corrected chi connectivity index (χ0v) is 9.99. The lowest BCUT2D eigenvalue weighted by atomic mass is 10.1. The highest BCUT2D eigenvalue weighted by molar-refractivity contribution is 5.99. The molecule has 0 bridgehead atoms. The van der Waals surface area contributed by atoms with Crippen molar-refractivity contribution >= 4 is 5.91 Å². The molecule has 1 amide bonds. The van der Waals surface area contributed by atoms with Gasteiger partial charge in [-0.25, -0.2) is 0 Å². The molecule has 92 valence electrons. The maximum absolute atomic E-state index is 12.1. The van der Waals surface area contributed by atoms with E-state index >= 15 is 0 Å². The first kappa shape index (κ1) is 11.7. The number of hydrogen-bond donors (Lipinski definition) is 2. The summed E-state index contributed by atoms with van der Waals surface area (Å²) in [6.45, 7) is 4.57. The summed E-state index contributed by atoms with van der Waals surface area (Å²) in [6, 6.07) is 1.08. The van der Waals surface area contributed by atoms with E-state index in [9.17, 15) is 14.7 Å². The van der Waals surface area contributed by atoms with Gasteiger partial charge in [-0.3, -0.25) is 14.6 Å². The van der Waals surface area contributed by atoms with Gasteiger partial charge in [-0.2, -0.15) is 0 Å². The van der Waals surface area contributed by atoms with Crippen LogP contribution in [0.25, 0.3) is 0 Å². The van der Waals surface area contributed by atoms with Crippen molar-refractivity contribution in [3.8, 4) is 5.88 Å². The highest BCUT2D eigenvalue weighted by Gasteiger charge is 2.36. The Bertz CT molecular complexity index is 507. The molecule has 1 atom stereocenters. The summed E-state index contributed by atoms with van der Waals surface area (Å²) in [4.78, 5) is 27.3. The molecule has 0 radical (unpaired) electrons. The number of unbranched alkanes of at least 4 members (excludes halogenated alkanes) is 1. The molecule has 1 aliphatic heterocycles. The van der Waals surface area contributed by atoms with E-state index in [1.54, 1.807) is 4.90 Å². The van der Waals surface area contributed by atoms with Crippen LogP contribution in [0.2, 0.25) is 0 Å². The van der Waals surface area contributed by atoms with Crippen LogP contribution in [0.15, 0.2) is 10.9 Å². The van der Waals surface area contributed by atoms with Gasteiger partial charge in [-0.15, -0.1) is 0 Å². The Morgan fingerprint density at radius 3 is 2.82 bits per heavy atom. The monoisotopic (exact) mass is 236 g/mol. The van der Waals surface area contributed by atoms with Gasteiger partial charge in [0.1, 0.15) is 0 Å². The molecule has 0 spiro atoms. The lowest BCUT2D eigenvalue weighted by molar-refractivity contribution is 0.0734. The Labute approximate surface area is 99.1 Å². The molecular weight excluding hydrogens is 220 g/mol. The second-order valence-corrected chi connectivity index (χ2v) is 4.34. The first-order valence-corrected chi connectivity index (χ1v) is 5.83. The van der Waals surface area contributed by atoms with Crippen molar-refractivity contribution in [1.82, 2.24) is 9.88 Å². The molecule has 1 aromatic rings. The Hall–Kier alpha value is -1.78. The van der Waals surface area contributed by atoms with Crippen LogP contribution in [0.4, 0.5) is 0 Å². The molecule has 5 nitrogen and oxygen atoms in total. The summed E-state index contributed by atoms with van der Waals surface area (Å²) in [5, 5.41) is 9.71. The van der Waals surface area contributed by atoms with Gasteiger partial charge in [-0.05, 0) is 13.3 Å². The quantitative estimate of drug-likeness (QED) is 0.833. The van der Waals surface area contributed by atoms with E-state index in [1.807, 2.05) is 6.92 Å². The largest absolute Gasteiger partial charge is 0.494 e. The smallest absolute Gasteiger partial charge is 0.255 e. The van der Waals surface area contributed by atoms with Gasteiger partial charge >= 0.3 is 0 Å². The highest BCUT2D eigenvalue weighted by Crippen LogP contribution is 2.36. The van der Waals surface area contributed by atoms with E-state index in [-0.39, 0.29) is 17.8 Å². The predicted octanol–water partition coefficient (Wildman–Crippen LogP) is 1.40. The zero-order valence-electron chi connectivity index (χ0n) is 9.99. The normalized spacial score (nSPS) is 18.6. The molecule has 0 saturated carbocycles. The average Bonchev–Trinajstić information content (AvgIpc) is 2.49. The van der Waals surface area contributed by atoms with Gasteiger partial charge in [0.2, 0.25) is 0 Å². The Balaban J connectivity index is 2.42. The van der Waals surface area contributed by atoms with Crippen molar-refractivity contribution in [3.63, 3.8) is 0 Å². The van der Waals surface area contributed by atoms with E-state index in [4.69, 9.17) is 0 Å². The minimum Gasteiger partial charge on any atom is -0.494 e. The summed E-state index contributed by atoms with van der Waals surface area (Å²) in [5.41, 5.74) is 0.416. The lowest BCUT2D eigenvalue weighted by Gasteiger charge is -2.21. The number of carbonyl (C=O) groups excluding carboxylic acids is 1. The minimum absolute atomic E-state index is 0.164. The van der Waals surface area contributed by atoms with Gasteiger partial charge in [0.05, 0.1) is 11.6 Å². The van der Waals surface area contributed by atoms with Gasteiger partial charge in [-0.1, -0.05) is 13.3 Å². The highest BCUT2D eigenvalue weighted by atomic mass is 16.3. The predicted molar refractivity (Wildman–Crippen MR) is 63.1 cm³/mol. The molecule has 0 unspecified atom stereocenters. The number of H-pyrrole nitrogens is 1. The van der Waals surface area contributed by atoms with Crippen molar-refractivity contribution < 1.29 is 9.90 Å². The standard InChI is InChI=1S/C12H16N2O3/c1-3-4-5-14-7(2)10-8(12(14)17)6-9(15)13-11(10)16/h6-7H,3-5H2,1-2H3,(H2,13,15,16)/t7-/m1/s1. The van der Waals surface area contributed by atoms with Crippen LogP contribution in [0.1, 0.15) is 48.7 Å². The zero-order chi connectivity index (χ0) is 12.6. The van der Waals surface area contributed by atoms with Gasteiger partial charge in [0.15, 0.2) is 5.88 Å². The van der Waals surface area contributed by atoms with E-state index in [0.717, 1.165) is 12.8 Å². The number of amides is 1. The van der Waals surface area contributed by atoms with Crippen molar-refractivity contribution in [2.24, 2.45) is 0 Å². The lowest BCUT2D eigenvalue weighted by Crippen LogP contribution is -2.27. The molecule has 17 heavy (non-hydrogen) atoms. The van der Waals surface area contributed by atoms with Gasteiger partial charge < -0.3 is 10.0 Å². The van der Waals surface area contributed by atoms with Crippen molar-refractivity contribution in [2.45, 2.75) is 32.7 Å². The fourth-order valence-corrected chi connectivity index (χ4v) is 2.27. The van der Waals surface area contributed by atoms with Crippen LogP contribution in [0, 0.1) is 0 Å². The number of aromatic nitrogens is 1. The summed E-state index contributed by atoms with van der Waals surface area (Å²) in [7, 11) is 0. The second kappa shape index (κ2) is 4.24. The van der Waals surface area contributed by atoms with Crippen molar-refractivity contribution in [3.05, 3.63) is 27.5 Å². The van der Waals surface area contributed by atoms with Gasteiger partial charge in [0, 0.05) is 18.2 Å². The first-order chi connectivity index (χ1) is 8.06. The summed E-state index contributed by atoms with van der Waals surface area (Å²) < 4.78 is 0. The average molecular weight is 236 g/mol. The van der Waals surface area contributed by atoms with Gasteiger partial charge in [0.25, 0.3) is 11.5 Å². The van der Waals surface area contributed by atoms with Crippen LogP contribution in [0.3, 0.4) is 0 Å². The maximum atomic E-state index is 12.1. The van der Waals surface area contributed by atoms with Crippen molar-refractivity contribution in [1.29, 1.82) is 0 Å². The van der Waals surface area contributed by atoms with Crippen LogP contribution in [-0.2, 0) is 0 Å². The van der Waals surface area contributed by atoms with E-state index < -0.39 is 5.56 Å². The number of pyridine rings is 1. The topological polar surface area (TPSA) is 73.4 Å². The number of carbonyl (C=O) groups is 1. The van der Waals surface area contributed by atoms with E-state index in [0.29, 0.717) is 17.7 Å². The molecule has 0 saturated heterocycles. The fourth-order valence-electron chi connectivity index (χ4n) is 2.27. The Kier molecular flexibility index (Phi) is 2.92. The molecule has 5 heteroatoms. The number of hydrogen-bond acceptors (Lipinski definition) is 3. The number of aromatic amines is 1. The molecule has 2 heterocycles. The minimum atomic E-state index is -0.445. The Morgan fingerprint density at radius 1 is 1.47 bits per heavy atom. The third-order valence-electron chi connectivity index (χ3n) is 3.19. The fraction of sp³-hybridized carbons (Fsp3) is 0.500. The number of aromatic hydroxyl groups is 1. The van der Waals surface area contributed by atoms with Crippen LogP contribution in [-0.4, -0.2) is 27.4 Å². The molecule has 0 aliphatic carbocycles. The molecule has 2 N–H and O–H groups in total. The van der Waals surface area contributed by atoms with E-state index in [1.165, 1.54) is 6.07 Å². The van der Waals surface area contributed by atoms with Crippen LogP contribution < -0.4 is 5.56 Å². The number of nitrogens with zero attached hydrogens (tertiary/aromatic N) is 1. The molecule has 0 aromatic carbocycles. The number of rotatable bonds is 3. The molecule has 2 rings (SSSR count). The van der Waals surface area contributed by atoms with E-state index in [2.05, 4.69) is 11.9 Å². The molecule has 1 aromatic heterocycles. The SMILES string of the molecule is CCCCN1C(=O)c2cc(=O)[nH]c(O)c2[C@H]1C. The Morgan fingerprint density at radius 2 is 2.18 bits per heavy atom. The summed E-state index contributed by atoms with van der Waals surface area (Å²) >= 11 is 0. The van der Waals surface area contributed by atoms with Crippen molar-refractivity contribution in [2.75, 3.05) is 6.54 Å². The number of fused-ring (bicyclic) bond motifs is 1. The first-order valence-electron chi connectivity index (χ1n) is 5.83. The summed E-state index contributed by atoms with van der Waals surface area (Å²) in [5.74, 6) is -0.352. The second-order valence-electron chi connectivity index (χ2n) is 4.34. The third-order valence-corrected chi connectivity index (χ3v) is 3.19. The van der Waals surface area contributed by atoms with Crippen LogP contribution in [0.5, 0.6) is 5.88 Å². The molecule has 1 aliphatic rings. The molecule has 0 fully saturated rings. The maximum Gasteiger partial charge on any atom is 0.255 e. The summed E-state index contributed by atoms with van der Waals surface area (Å²) in [6.07, 6.45) is 1.91. The number of nitrogens with one attached hydrogen (secondary N) is 1. The third kappa shape index (κ3) is 1.81.